The standard InChI is InChI=1S/C27H29N7O/c1-3-30-25(14-18(2)19-10-12-31-23-7-5-4-6-20(23)15-19)27(35)33-21-11-13-32-24(16-21)26(29)34(17-28)22-8-9-22/h3-7,10-19,22,28-29H,8-9H2,1-2H3,(H,32,33,35)/b25-14-,28-17?,29-26?,30-3-. The van der Waals surface area contributed by atoms with Gasteiger partial charge in [0, 0.05) is 36.3 Å². The molecule has 1 saturated carbocycles. The molecule has 2 aromatic rings. The largest absolute Gasteiger partial charge is 0.321 e. The zero-order valence-corrected chi connectivity index (χ0v) is 19.8. The molecule has 0 saturated heterocycles. The summed E-state index contributed by atoms with van der Waals surface area (Å²) < 4.78 is 0. The Balaban J connectivity index is 1.52. The number of para-hydroxylation sites is 1. The Morgan fingerprint density at radius 3 is 2.83 bits per heavy atom. The molecule has 2 atom stereocenters. The maximum Gasteiger partial charge on any atom is 0.273 e. The predicted molar refractivity (Wildman–Crippen MR) is 139 cm³/mol. The number of allylic oxidation sites excluding steroid dienone is 2. The Morgan fingerprint density at radius 2 is 2.09 bits per heavy atom. The van der Waals surface area contributed by atoms with Crippen molar-refractivity contribution in [1.82, 2.24) is 9.88 Å². The summed E-state index contributed by atoms with van der Waals surface area (Å²) in [6.07, 6.45) is 14.1. The molecule has 0 spiro atoms. The second kappa shape index (κ2) is 10.8. The minimum Gasteiger partial charge on any atom is -0.321 e. The van der Waals surface area contributed by atoms with E-state index in [1.54, 1.807) is 36.4 Å². The summed E-state index contributed by atoms with van der Waals surface area (Å²) in [5.41, 5.74) is 1.23. The Bertz CT molecular complexity index is 1340. The summed E-state index contributed by atoms with van der Waals surface area (Å²) >= 11 is 0. The van der Waals surface area contributed by atoms with Crippen molar-refractivity contribution in [2.45, 2.75) is 32.7 Å². The lowest BCUT2D eigenvalue weighted by molar-refractivity contribution is -0.112. The minimum absolute atomic E-state index is 0.00192. The van der Waals surface area contributed by atoms with Crippen molar-refractivity contribution in [1.29, 1.82) is 10.8 Å². The van der Waals surface area contributed by atoms with E-state index in [0.717, 1.165) is 29.8 Å². The smallest absolute Gasteiger partial charge is 0.273 e. The first kappa shape index (κ1) is 23.9. The fraction of sp³-hybridized carbons (Fsp3) is 0.259. The lowest BCUT2D eigenvalue weighted by Crippen LogP contribution is -2.32. The highest BCUT2D eigenvalue weighted by atomic mass is 16.2. The fourth-order valence-corrected chi connectivity index (χ4v) is 3.91. The molecule has 8 heteroatoms. The molecule has 3 N–H and O–H groups in total. The lowest BCUT2D eigenvalue weighted by atomic mass is 9.92. The van der Waals surface area contributed by atoms with Gasteiger partial charge in [-0.1, -0.05) is 37.3 Å². The summed E-state index contributed by atoms with van der Waals surface area (Å²) in [5, 5.41) is 20.9. The van der Waals surface area contributed by atoms with Crippen molar-refractivity contribution in [2.75, 3.05) is 5.32 Å². The van der Waals surface area contributed by atoms with Gasteiger partial charge in [-0.05, 0) is 55.2 Å². The second-order valence-electron chi connectivity index (χ2n) is 8.57. The number of anilines is 1. The Hall–Kier alpha value is -4.20. The normalized spacial score (nSPS) is 18.0. The van der Waals surface area contributed by atoms with Gasteiger partial charge in [0.2, 0.25) is 0 Å². The number of hydrogen-bond donors (Lipinski definition) is 3. The molecule has 1 fully saturated rings. The summed E-state index contributed by atoms with van der Waals surface area (Å²) in [7, 11) is 0. The van der Waals surface area contributed by atoms with Crippen LogP contribution in [-0.4, -0.2) is 40.2 Å². The van der Waals surface area contributed by atoms with E-state index in [0.29, 0.717) is 17.1 Å². The number of amidine groups is 1. The van der Waals surface area contributed by atoms with Crippen LogP contribution in [0.15, 0.2) is 76.6 Å². The molecule has 0 radical (unpaired) electrons. The zero-order chi connectivity index (χ0) is 24.8. The number of aromatic nitrogens is 1. The third-order valence-electron chi connectivity index (χ3n) is 5.96. The van der Waals surface area contributed by atoms with Crippen LogP contribution >= 0.6 is 0 Å². The summed E-state index contributed by atoms with van der Waals surface area (Å²) in [5.74, 6) is -0.138. The van der Waals surface area contributed by atoms with E-state index in [-0.39, 0.29) is 29.6 Å². The number of fused-ring (bicyclic) bond motifs is 1. The first-order valence-electron chi connectivity index (χ1n) is 11.7. The van der Waals surface area contributed by atoms with E-state index in [2.05, 4.69) is 26.4 Å². The summed E-state index contributed by atoms with van der Waals surface area (Å²) in [6.45, 7) is 3.82. The van der Waals surface area contributed by atoms with E-state index in [1.165, 1.54) is 0 Å². The second-order valence-corrected chi connectivity index (χ2v) is 8.57. The van der Waals surface area contributed by atoms with E-state index in [1.807, 2.05) is 49.5 Å². The van der Waals surface area contributed by atoms with Gasteiger partial charge in [-0.3, -0.25) is 30.6 Å². The molecule has 8 nitrogen and oxygen atoms in total. The molecule has 1 aliphatic carbocycles. The van der Waals surface area contributed by atoms with Gasteiger partial charge in [0.1, 0.15) is 11.4 Å². The first-order valence-corrected chi connectivity index (χ1v) is 11.7. The monoisotopic (exact) mass is 467 g/mol. The van der Waals surface area contributed by atoms with E-state index >= 15 is 0 Å². The van der Waals surface area contributed by atoms with Gasteiger partial charge in [-0.2, -0.15) is 0 Å². The van der Waals surface area contributed by atoms with E-state index in [4.69, 9.17) is 10.8 Å². The van der Waals surface area contributed by atoms with Crippen LogP contribution in [0.2, 0.25) is 0 Å². The average molecular weight is 468 g/mol. The molecule has 0 bridgehead atoms. The number of rotatable bonds is 8. The molecule has 1 aliphatic heterocycles. The van der Waals surface area contributed by atoms with Gasteiger partial charge < -0.3 is 10.2 Å². The molecule has 35 heavy (non-hydrogen) atoms. The van der Waals surface area contributed by atoms with Gasteiger partial charge in [0.15, 0.2) is 5.84 Å². The van der Waals surface area contributed by atoms with Crippen LogP contribution in [0.5, 0.6) is 0 Å². The highest BCUT2D eigenvalue weighted by Crippen LogP contribution is 2.27. The molecule has 2 unspecified atom stereocenters. The number of benzene rings is 1. The maximum atomic E-state index is 13.1. The number of hydrogen-bond acceptors (Lipinski definition) is 6. The Morgan fingerprint density at radius 1 is 1.29 bits per heavy atom. The SMILES string of the molecule is C/C=N\C(=C/C(C)C1C=CN=c2ccccc2=C1)C(=O)Nc1ccnc(C(=N)N(C=N)C2CC2)c1. The van der Waals surface area contributed by atoms with Crippen molar-refractivity contribution < 1.29 is 4.79 Å². The first-order chi connectivity index (χ1) is 17.0. The molecule has 4 rings (SSSR count). The number of nitrogens with one attached hydrogen (secondary N) is 3. The molecular weight excluding hydrogens is 438 g/mol. The molecule has 1 aromatic heterocycles. The molecule has 2 heterocycles. The van der Waals surface area contributed by atoms with Gasteiger partial charge >= 0.3 is 0 Å². The number of carbonyl (C=O) groups excluding carboxylic acids is 1. The quantitative estimate of drug-likeness (QED) is 0.314. The molecule has 1 aromatic carbocycles. The molecule has 1 amide bonds. The van der Waals surface area contributed by atoms with Gasteiger partial charge in [0.05, 0.1) is 11.7 Å². The van der Waals surface area contributed by atoms with Crippen LogP contribution in [0.4, 0.5) is 5.69 Å². The van der Waals surface area contributed by atoms with Crippen molar-refractivity contribution in [3.8, 4) is 0 Å². The average Bonchev–Trinajstić information content (AvgIpc) is 3.71. The molecule has 2 aliphatic rings. The van der Waals surface area contributed by atoms with Crippen molar-refractivity contribution in [3.05, 3.63) is 82.9 Å². The van der Waals surface area contributed by atoms with Crippen molar-refractivity contribution >= 4 is 36.1 Å². The van der Waals surface area contributed by atoms with Crippen molar-refractivity contribution in [3.63, 3.8) is 0 Å². The number of aliphatic imine (C=N–C) groups is 1. The van der Waals surface area contributed by atoms with Crippen LogP contribution in [0.25, 0.3) is 6.08 Å². The van der Waals surface area contributed by atoms with E-state index in [9.17, 15) is 4.79 Å². The number of pyridine rings is 1. The third-order valence-corrected chi connectivity index (χ3v) is 5.96. The van der Waals surface area contributed by atoms with Crippen LogP contribution in [0.1, 0.15) is 32.4 Å². The molecule has 178 valence electrons. The van der Waals surface area contributed by atoms with Gasteiger partial charge in [-0.25, -0.2) is 0 Å². The fourth-order valence-electron chi connectivity index (χ4n) is 3.91. The summed E-state index contributed by atoms with van der Waals surface area (Å²) in [6, 6.07) is 11.5. The van der Waals surface area contributed by atoms with Crippen LogP contribution in [0, 0.1) is 22.7 Å². The topological polar surface area (TPSA) is 118 Å². The minimum atomic E-state index is -0.340. The number of carbonyl (C=O) groups is 1. The van der Waals surface area contributed by atoms with Crippen LogP contribution in [0.3, 0.4) is 0 Å². The molecular formula is C27H29N7O. The maximum absolute atomic E-state index is 13.1. The Kier molecular flexibility index (Phi) is 7.40. The number of nitrogens with zero attached hydrogens (tertiary/aromatic N) is 4. The van der Waals surface area contributed by atoms with Gasteiger partial charge in [-0.15, -0.1) is 0 Å². The van der Waals surface area contributed by atoms with Crippen LogP contribution < -0.4 is 15.9 Å². The Labute approximate surface area is 204 Å². The zero-order valence-electron chi connectivity index (χ0n) is 19.8. The van der Waals surface area contributed by atoms with Crippen molar-refractivity contribution in [2.24, 2.45) is 21.8 Å². The lowest BCUT2D eigenvalue weighted by Gasteiger charge is -2.19. The predicted octanol–water partition coefficient (Wildman–Crippen LogP) is 3.27. The van der Waals surface area contributed by atoms with Gasteiger partial charge in [0.25, 0.3) is 5.91 Å². The summed E-state index contributed by atoms with van der Waals surface area (Å²) in [4.78, 5) is 27.8. The van der Waals surface area contributed by atoms with Crippen LogP contribution in [-0.2, 0) is 4.79 Å². The third kappa shape index (κ3) is 5.84. The number of amides is 1. The highest BCUT2D eigenvalue weighted by Gasteiger charge is 2.30. The highest BCUT2D eigenvalue weighted by molar-refractivity contribution is 6.06. The van der Waals surface area contributed by atoms with E-state index < -0.39 is 0 Å².